The number of benzene rings is 1. The molecule has 1 heterocycles. The molecule has 0 saturated heterocycles. The third-order valence-electron chi connectivity index (χ3n) is 2.58. The van der Waals surface area contributed by atoms with Crippen LogP contribution < -0.4 is 10.0 Å². The molecule has 2 aromatic rings. The number of carbonyl (C=O) groups is 1. The predicted octanol–water partition coefficient (Wildman–Crippen LogP) is 1.96. The second kappa shape index (κ2) is 5.88. The van der Waals surface area contributed by atoms with Gasteiger partial charge in [0, 0.05) is 0 Å². The fraction of sp³-hybridized carbons (Fsp3) is 0.154. The Balaban J connectivity index is 2.10. The highest BCUT2D eigenvalue weighted by molar-refractivity contribution is 7.92. The maximum atomic E-state index is 11.3. The molecule has 0 amide bonds. The van der Waals surface area contributed by atoms with E-state index >= 15 is 0 Å². The van der Waals surface area contributed by atoms with Crippen molar-refractivity contribution in [2.45, 2.75) is 6.54 Å². The van der Waals surface area contributed by atoms with Crippen LogP contribution >= 0.6 is 0 Å². The summed E-state index contributed by atoms with van der Waals surface area (Å²) in [6, 6.07) is 8.18. The quantitative estimate of drug-likeness (QED) is 0.752. The van der Waals surface area contributed by atoms with Crippen LogP contribution in [0.3, 0.4) is 0 Å². The number of hydrogen-bond acceptors (Lipinski definition) is 5. The maximum absolute atomic E-state index is 11.3. The second-order valence-corrected chi connectivity index (χ2v) is 6.13. The van der Waals surface area contributed by atoms with Crippen molar-refractivity contribution in [3.05, 3.63) is 47.9 Å². The topological polar surface area (TPSA) is 109 Å². The molecular weight excluding hydrogens is 296 g/mol. The lowest BCUT2D eigenvalue weighted by molar-refractivity contribution is 0.0696. The monoisotopic (exact) mass is 310 g/mol. The Hall–Kier alpha value is -2.48. The average Bonchev–Trinajstić information content (AvgIpc) is 2.85. The Morgan fingerprint density at radius 3 is 2.52 bits per heavy atom. The smallest absolute Gasteiger partial charge is 0.338 e. The summed E-state index contributed by atoms with van der Waals surface area (Å²) in [4.78, 5) is 10.7. The number of sulfonamides is 1. The summed E-state index contributed by atoms with van der Waals surface area (Å²) in [5.41, 5.74) is 1.04. The van der Waals surface area contributed by atoms with Crippen molar-refractivity contribution in [1.82, 2.24) is 0 Å². The van der Waals surface area contributed by atoms with Crippen LogP contribution in [0.25, 0.3) is 0 Å². The SMILES string of the molecule is CS(=O)(=O)Nc1ccccc1NCc1cc(C(=O)O)co1. The molecule has 0 radical (unpaired) electrons. The Morgan fingerprint density at radius 1 is 1.29 bits per heavy atom. The van der Waals surface area contributed by atoms with Gasteiger partial charge >= 0.3 is 5.97 Å². The molecule has 0 fully saturated rings. The lowest BCUT2D eigenvalue weighted by Crippen LogP contribution is -2.11. The standard InChI is InChI=1S/C13H14N2O5S/c1-21(18,19)15-12-5-3-2-4-11(12)14-7-10-6-9(8-20-10)13(16)17/h2-6,8,14-15H,7H2,1H3,(H,16,17). The number of rotatable bonds is 6. The lowest BCUT2D eigenvalue weighted by atomic mass is 10.2. The summed E-state index contributed by atoms with van der Waals surface area (Å²) >= 11 is 0. The molecule has 0 unspecified atom stereocenters. The highest BCUT2D eigenvalue weighted by Gasteiger charge is 2.10. The molecule has 0 aliphatic rings. The molecule has 7 nitrogen and oxygen atoms in total. The van der Waals surface area contributed by atoms with Crippen LogP contribution in [-0.4, -0.2) is 25.7 Å². The number of aromatic carboxylic acids is 1. The van der Waals surface area contributed by atoms with Crippen molar-refractivity contribution >= 4 is 27.4 Å². The zero-order valence-corrected chi connectivity index (χ0v) is 12.0. The van der Waals surface area contributed by atoms with Gasteiger partial charge in [-0.1, -0.05) is 12.1 Å². The van der Waals surface area contributed by atoms with Crippen LogP contribution in [0.1, 0.15) is 16.1 Å². The van der Waals surface area contributed by atoms with Crippen molar-refractivity contribution in [2.75, 3.05) is 16.3 Å². The summed E-state index contributed by atoms with van der Waals surface area (Å²) in [6.45, 7) is 0.232. The third kappa shape index (κ3) is 4.25. The van der Waals surface area contributed by atoms with E-state index < -0.39 is 16.0 Å². The molecule has 0 bridgehead atoms. The Morgan fingerprint density at radius 2 is 1.95 bits per heavy atom. The van der Waals surface area contributed by atoms with E-state index in [4.69, 9.17) is 9.52 Å². The van der Waals surface area contributed by atoms with Gasteiger partial charge in [0.15, 0.2) is 0 Å². The number of nitrogens with one attached hydrogen (secondary N) is 2. The van der Waals surface area contributed by atoms with Crippen LogP contribution in [0.5, 0.6) is 0 Å². The van der Waals surface area contributed by atoms with Crippen LogP contribution in [0, 0.1) is 0 Å². The minimum absolute atomic E-state index is 0.0642. The summed E-state index contributed by atoms with van der Waals surface area (Å²) in [6.07, 6.45) is 2.22. The number of anilines is 2. The van der Waals surface area contributed by atoms with E-state index in [9.17, 15) is 13.2 Å². The van der Waals surface area contributed by atoms with Gasteiger partial charge in [-0.05, 0) is 18.2 Å². The molecule has 1 aromatic carbocycles. The number of hydrogen-bond donors (Lipinski definition) is 3. The lowest BCUT2D eigenvalue weighted by Gasteiger charge is -2.11. The van der Waals surface area contributed by atoms with Crippen LogP contribution in [0.15, 0.2) is 41.0 Å². The minimum atomic E-state index is -3.38. The van der Waals surface area contributed by atoms with Gasteiger partial charge < -0.3 is 14.8 Å². The van der Waals surface area contributed by atoms with E-state index in [1.165, 1.54) is 6.07 Å². The van der Waals surface area contributed by atoms with Gasteiger partial charge in [0.25, 0.3) is 0 Å². The molecule has 0 atom stereocenters. The van der Waals surface area contributed by atoms with Gasteiger partial charge in [-0.25, -0.2) is 13.2 Å². The van der Waals surface area contributed by atoms with Crippen molar-refractivity contribution in [1.29, 1.82) is 0 Å². The van der Waals surface area contributed by atoms with E-state index in [-0.39, 0.29) is 12.1 Å². The fourth-order valence-corrected chi connectivity index (χ4v) is 2.27. The zero-order chi connectivity index (χ0) is 15.5. The Labute approximate surface area is 121 Å². The van der Waals surface area contributed by atoms with Gasteiger partial charge in [-0.3, -0.25) is 4.72 Å². The molecule has 1 aromatic heterocycles. The molecule has 3 N–H and O–H groups in total. The first-order chi connectivity index (χ1) is 9.85. The highest BCUT2D eigenvalue weighted by atomic mass is 32.2. The second-order valence-electron chi connectivity index (χ2n) is 4.38. The summed E-state index contributed by atoms with van der Waals surface area (Å²) in [5.74, 6) is -0.634. The fourth-order valence-electron chi connectivity index (χ4n) is 1.69. The molecule has 112 valence electrons. The van der Waals surface area contributed by atoms with E-state index in [0.717, 1.165) is 12.5 Å². The largest absolute Gasteiger partial charge is 0.478 e. The number of para-hydroxylation sites is 2. The van der Waals surface area contributed by atoms with Crippen molar-refractivity contribution < 1.29 is 22.7 Å². The molecule has 0 aliphatic heterocycles. The number of carboxylic acid groups (broad SMARTS) is 1. The van der Waals surface area contributed by atoms with Crippen molar-refractivity contribution in [3.8, 4) is 0 Å². The van der Waals surface area contributed by atoms with Gasteiger partial charge in [0.1, 0.15) is 12.0 Å². The predicted molar refractivity (Wildman–Crippen MR) is 77.9 cm³/mol. The van der Waals surface area contributed by atoms with E-state index in [1.807, 2.05) is 0 Å². The molecule has 0 saturated carbocycles. The van der Waals surface area contributed by atoms with Gasteiger partial charge in [0.2, 0.25) is 10.0 Å². The Kier molecular flexibility index (Phi) is 4.18. The third-order valence-corrected chi connectivity index (χ3v) is 3.17. The van der Waals surface area contributed by atoms with E-state index in [1.54, 1.807) is 24.3 Å². The first-order valence-corrected chi connectivity index (χ1v) is 7.86. The molecular formula is C13H14N2O5S. The average molecular weight is 310 g/mol. The summed E-state index contributed by atoms with van der Waals surface area (Å²) < 4.78 is 30.1. The number of furan rings is 1. The van der Waals surface area contributed by atoms with Crippen molar-refractivity contribution in [2.24, 2.45) is 0 Å². The van der Waals surface area contributed by atoms with Gasteiger partial charge in [0.05, 0.1) is 29.7 Å². The normalized spacial score (nSPS) is 11.1. The molecule has 21 heavy (non-hydrogen) atoms. The van der Waals surface area contributed by atoms with Gasteiger partial charge in [-0.2, -0.15) is 0 Å². The van der Waals surface area contributed by atoms with Crippen LogP contribution in [0.2, 0.25) is 0 Å². The Bertz CT molecular complexity index is 751. The van der Waals surface area contributed by atoms with E-state index in [2.05, 4.69) is 10.0 Å². The van der Waals surface area contributed by atoms with E-state index in [0.29, 0.717) is 17.1 Å². The maximum Gasteiger partial charge on any atom is 0.338 e. The first kappa shape index (κ1) is 14.9. The van der Waals surface area contributed by atoms with Crippen molar-refractivity contribution in [3.63, 3.8) is 0 Å². The molecule has 8 heteroatoms. The summed E-state index contributed by atoms with van der Waals surface area (Å²) in [7, 11) is -3.38. The van der Waals surface area contributed by atoms with Gasteiger partial charge in [-0.15, -0.1) is 0 Å². The van der Waals surface area contributed by atoms with Crippen LogP contribution in [-0.2, 0) is 16.6 Å². The molecule has 0 aliphatic carbocycles. The van der Waals surface area contributed by atoms with Crippen LogP contribution in [0.4, 0.5) is 11.4 Å². The summed E-state index contributed by atoms with van der Waals surface area (Å²) in [5, 5.41) is 11.8. The molecule has 0 spiro atoms. The minimum Gasteiger partial charge on any atom is -0.478 e. The molecule has 2 rings (SSSR count). The zero-order valence-electron chi connectivity index (χ0n) is 11.2. The first-order valence-electron chi connectivity index (χ1n) is 5.96. The number of carboxylic acids is 1. The highest BCUT2D eigenvalue weighted by Crippen LogP contribution is 2.22.